The zero-order chi connectivity index (χ0) is 15.2. The van der Waals surface area contributed by atoms with E-state index in [2.05, 4.69) is 5.32 Å². The molecule has 1 saturated heterocycles. The second-order valence-electron chi connectivity index (χ2n) is 5.50. The molecule has 5 heteroatoms. The standard InChI is InChI=1S/C16H22N2O3/c1-12-6-8-13(9-7-12)17-15(20)16(21)18-10-4-2-3-5-14(18)11-19/h6-9,14,19H,2-5,10-11H2,1H3,(H,17,20). The summed E-state index contributed by atoms with van der Waals surface area (Å²) in [6.45, 7) is 2.40. The fourth-order valence-corrected chi connectivity index (χ4v) is 2.59. The van der Waals surface area contributed by atoms with Gasteiger partial charge in [0, 0.05) is 12.2 Å². The van der Waals surface area contributed by atoms with E-state index in [1.807, 2.05) is 19.1 Å². The van der Waals surface area contributed by atoms with Crippen LogP contribution in [0.4, 0.5) is 5.69 Å². The highest BCUT2D eigenvalue weighted by molar-refractivity contribution is 6.39. The van der Waals surface area contributed by atoms with Gasteiger partial charge in [-0.25, -0.2) is 0 Å². The van der Waals surface area contributed by atoms with Crippen LogP contribution in [-0.4, -0.2) is 41.0 Å². The Morgan fingerprint density at radius 1 is 1.24 bits per heavy atom. The van der Waals surface area contributed by atoms with Gasteiger partial charge in [0.05, 0.1) is 12.6 Å². The van der Waals surface area contributed by atoms with Crippen molar-refractivity contribution >= 4 is 17.5 Å². The van der Waals surface area contributed by atoms with E-state index in [0.717, 1.165) is 31.2 Å². The fraction of sp³-hybridized carbons (Fsp3) is 0.500. The third-order valence-corrected chi connectivity index (χ3v) is 3.85. The van der Waals surface area contributed by atoms with Gasteiger partial charge in [0.25, 0.3) is 0 Å². The first-order valence-electron chi connectivity index (χ1n) is 7.41. The molecule has 1 aromatic carbocycles. The van der Waals surface area contributed by atoms with Crippen LogP contribution in [0.25, 0.3) is 0 Å². The van der Waals surface area contributed by atoms with Gasteiger partial charge in [-0.1, -0.05) is 30.5 Å². The molecule has 0 radical (unpaired) electrons. The van der Waals surface area contributed by atoms with Crippen molar-refractivity contribution in [1.82, 2.24) is 4.90 Å². The van der Waals surface area contributed by atoms with E-state index in [0.29, 0.717) is 12.2 Å². The molecule has 1 aromatic rings. The minimum absolute atomic E-state index is 0.0937. The highest BCUT2D eigenvalue weighted by Crippen LogP contribution is 2.17. The lowest BCUT2D eigenvalue weighted by Gasteiger charge is -2.27. The molecular weight excluding hydrogens is 268 g/mol. The lowest BCUT2D eigenvalue weighted by molar-refractivity contribution is -0.145. The topological polar surface area (TPSA) is 69.6 Å². The quantitative estimate of drug-likeness (QED) is 0.814. The number of likely N-dealkylation sites (tertiary alicyclic amines) is 1. The van der Waals surface area contributed by atoms with Crippen molar-refractivity contribution in [3.05, 3.63) is 29.8 Å². The molecule has 0 bridgehead atoms. The third-order valence-electron chi connectivity index (χ3n) is 3.85. The van der Waals surface area contributed by atoms with Crippen LogP contribution in [0, 0.1) is 6.92 Å². The van der Waals surface area contributed by atoms with E-state index >= 15 is 0 Å². The number of hydrogen-bond donors (Lipinski definition) is 2. The molecule has 1 heterocycles. The van der Waals surface area contributed by atoms with Crippen molar-refractivity contribution in [3.8, 4) is 0 Å². The highest BCUT2D eigenvalue weighted by Gasteiger charge is 2.29. The van der Waals surface area contributed by atoms with Gasteiger partial charge in [0.2, 0.25) is 0 Å². The highest BCUT2D eigenvalue weighted by atomic mass is 16.3. The molecule has 2 amide bonds. The summed E-state index contributed by atoms with van der Waals surface area (Å²) in [5.74, 6) is -1.20. The minimum atomic E-state index is -0.640. The summed E-state index contributed by atoms with van der Waals surface area (Å²) in [6, 6.07) is 7.05. The molecule has 0 spiro atoms. The maximum absolute atomic E-state index is 12.3. The number of aliphatic hydroxyl groups is 1. The summed E-state index contributed by atoms with van der Waals surface area (Å²) in [6.07, 6.45) is 3.63. The molecule has 1 aliphatic heterocycles. The van der Waals surface area contributed by atoms with E-state index in [9.17, 15) is 14.7 Å². The number of aliphatic hydroxyl groups excluding tert-OH is 1. The monoisotopic (exact) mass is 290 g/mol. The molecule has 1 aliphatic rings. The van der Waals surface area contributed by atoms with Gasteiger partial charge in [0.1, 0.15) is 0 Å². The molecule has 114 valence electrons. The van der Waals surface area contributed by atoms with Crippen molar-refractivity contribution in [2.45, 2.75) is 38.6 Å². The van der Waals surface area contributed by atoms with Crippen LogP contribution in [0.15, 0.2) is 24.3 Å². The lowest BCUT2D eigenvalue weighted by atomic mass is 10.1. The average Bonchev–Trinajstić information content (AvgIpc) is 2.73. The number of rotatable bonds is 2. The summed E-state index contributed by atoms with van der Waals surface area (Å²) in [5, 5.41) is 12.0. The van der Waals surface area contributed by atoms with Gasteiger partial charge in [0.15, 0.2) is 0 Å². The Bertz CT molecular complexity index is 499. The van der Waals surface area contributed by atoms with Crippen LogP contribution in [0.5, 0.6) is 0 Å². The van der Waals surface area contributed by atoms with Gasteiger partial charge in [-0.15, -0.1) is 0 Å². The van der Waals surface area contributed by atoms with Gasteiger partial charge < -0.3 is 15.3 Å². The zero-order valence-electron chi connectivity index (χ0n) is 12.3. The van der Waals surface area contributed by atoms with Crippen LogP contribution in [0.2, 0.25) is 0 Å². The lowest BCUT2D eigenvalue weighted by Crippen LogP contribution is -2.47. The second-order valence-corrected chi connectivity index (χ2v) is 5.50. The summed E-state index contributed by atoms with van der Waals surface area (Å²) in [7, 11) is 0. The number of aryl methyl sites for hydroxylation is 1. The number of anilines is 1. The van der Waals surface area contributed by atoms with E-state index in [1.54, 1.807) is 12.1 Å². The Kier molecular flexibility index (Phi) is 5.33. The Morgan fingerprint density at radius 2 is 1.95 bits per heavy atom. The van der Waals surface area contributed by atoms with Crippen molar-refractivity contribution in [3.63, 3.8) is 0 Å². The van der Waals surface area contributed by atoms with Crippen LogP contribution in [0.1, 0.15) is 31.2 Å². The van der Waals surface area contributed by atoms with Crippen molar-refractivity contribution < 1.29 is 14.7 Å². The van der Waals surface area contributed by atoms with Crippen molar-refractivity contribution in [2.75, 3.05) is 18.5 Å². The van der Waals surface area contributed by atoms with E-state index in [-0.39, 0.29) is 12.6 Å². The molecule has 0 aliphatic carbocycles. The van der Waals surface area contributed by atoms with E-state index in [4.69, 9.17) is 0 Å². The number of nitrogens with one attached hydrogen (secondary N) is 1. The molecule has 0 aromatic heterocycles. The zero-order valence-corrected chi connectivity index (χ0v) is 12.3. The van der Waals surface area contributed by atoms with Gasteiger partial charge >= 0.3 is 11.8 Å². The number of carbonyl (C=O) groups excluding carboxylic acids is 2. The normalized spacial score (nSPS) is 19.0. The molecule has 5 nitrogen and oxygen atoms in total. The molecule has 21 heavy (non-hydrogen) atoms. The minimum Gasteiger partial charge on any atom is -0.394 e. The van der Waals surface area contributed by atoms with Gasteiger partial charge in [-0.2, -0.15) is 0 Å². The smallest absolute Gasteiger partial charge is 0.313 e. The Hall–Kier alpha value is -1.88. The van der Waals surface area contributed by atoms with Crippen molar-refractivity contribution in [2.24, 2.45) is 0 Å². The summed E-state index contributed by atoms with van der Waals surface area (Å²) in [5.41, 5.74) is 1.70. The van der Waals surface area contributed by atoms with Crippen LogP contribution >= 0.6 is 0 Å². The maximum Gasteiger partial charge on any atom is 0.313 e. The predicted molar refractivity (Wildman–Crippen MR) is 80.9 cm³/mol. The summed E-state index contributed by atoms with van der Waals surface area (Å²) < 4.78 is 0. The average molecular weight is 290 g/mol. The molecule has 1 unspecified atom stereocenters. The number of amides is 2. The Morgan fingerprint density at radius 3 is 2.62 bits per heavy atom. The second kappa shape index (κ2) is 7.22. The van der Waals surface area contributed by atoms with E-state index < -0.39 is 11.8 Å². The van der Waals surface area contributed by atoms with Crippen LogP contribution in [0.3, 0.4) is 0 Å². The molecular formula is C16H22N2O3. The molecule has 2 rings (SSSR count). The first kappa shape index (κ1) is 15.5. The first-order chi connectivity index (χ1) is 10.1. The number of carbonyl (C=O) groups is 2. The number of benzene rings is 1. The molecule has 2 N–H and O–H groups in total. The van der Waals surface area contributed by atoms with Gasteiger partial charge in [-0.3, -0.25) is 9.59 Å². The van der Waals surface area contributed by atoms with Crippen molar-refractivity contribution in [1.29, 1.82) is 0 Å². The molecule has 1 fully saturated rings. The first-order valence-corrected chi connectivity index (χ1v) is 7.41. The van der Waals surface area contributed by atoms with Crippen LogP contribution < -0.4 is 5.32 Å². The number of hydrogen-bond acceptors (Lipinski definition) is 3. The molecule has 1 atom stereocenters. The SMILES string of the molecule is Cc1ccc(NC(=O)C(=O)N2CCCCCC2CO)cc1. The van der Waals surface area contributed by atoms with Crippen LogP contribution in [-0.2, 0) is 9.59 Å². The summed E-state index contributed by atoms with van der Waals surface area (Å²) in [4.78, 5) is 25.9. The summed E-state index contributed by atoms with van der Waals surface area (Å²) >= 11 is 0. The Labute approximate surface area is 125 Å². The predicted octanol–water partition coefficient (Wildman–Crippen LogP) is 1.70. The number of nitrogens with zero attached hydrogens (tertiary/aromatic N) is 1. The largest absolute Gasteiger partial charge is 0.394 e. The van der Waals surface area contributed by atoms with Gasteiger partial charge in [-0.05, 0) is 31.9 Å². The molecule has 0 saturated carbocycles. The fourth-order valence-electron chi connectivity index (χ4n) is 2.59. The third kappa shape index (κ3) is 4.04. The van der Waals surface area contributed by atoms with E-state index in [1.165, 1.54) is 4.90 Å². The Balaban J connectivity index is 2.03. The maximum atomic E-state index is 12.3.